The Kier molecular flexibility index (Phi) is 9.09. The number of esters is 1. The summed E-state index contributed by atoms with van der Waals surface area (Å²) in [7, 11) is 2.86. The first-order valence-electron chi connectivity index (χ1n) is 5.71. The molecule has 0 aliphatic heterocycles. The van der Waals surface area contributed by atoms with Gasteiger partial charge in [0.05, 0.1) is 13.2 Å². The fourth-order valence-electron chi connectivity index (χ4n) is 0.846. The van der Waals surface area contributed by atoms with Crippen LogP contribution in [0.25, 0.3) is 0 Å². The maximum atomic E-state index is 11.6. The summed E-state index contributed by atoms with van der Waals surface area (Å²) in [5.74, 6) is 0.348. The van der Waals surface area contributed by atoms with E-state index in [-0.39, 0.29) is 12.6 Å². The fourth-order valence-corrected chi connectivity index (χ4v) is 3.04. The molecule has 0 fully saturated rings. The minimum Gasteiger partial charge on any atom is -0.465 e. The zero-order valence-corrected chi connectivity index (χ0v) is 12.8. The highest BCUT2D eigenvalue weighted by atomic mass is 33.1. The molecule has 0 aliphatic carbocycles. The monoisotopic (exact) mass is 296 g/mol. The Hall–Kier alpha value is -0.560. The first kappa shape index (κ1) is 17.4. The molecule has 0 saturated heterocycles. The van der Waals surface area contributed by atoms with E-state index >= 15 is 0 Å². The van der Waals surface area contributed by atoms with Gasteiger partial charge in [0, 0.05) is 5.75 Å². The van der Waals surface area contributed by atoms with Crippen molar-refractivity contribution in [3.8, 4) is 0 Å². The van der Waals surface area contributed by atoms with Gasteiger partial charge in [0.15, 0.2) is 0 Å². The van der Waals surface area contributed by atoms with Gasteiger partial charge in [-0.25, -0.2) is 4.79 Å². The van der Waals surface area contributed by atoms with Crippen molar-refractivity contribution in [1.29, 1.82) is 0 Å². The van der Waals surface area contributed by atoms with Gasteiger partial charge in [0.1, 0.15) is 11.4 Å². The lowest BCUT2D eigenvalue weighted by atomic mass is 10.2. The van der Waals surface area contributed by atoms with Gasteiger partial charge in [-0.3, -0.25) is 4.79 Å². The lowest BCUT2D eigenvalue weighted by Crippen LogP contribution is -2.29. The van der Waals surface area contributed by atoms with E-state index in [1.807, 2.05) is 0 Å². The van der Waals surface area contributed by atoms with E-state index in [1.54, 1.807) is 27.7 Å². The van der Waals surface area contributed by atoms with Crippen molar-refractivity contribution < 1.29 is 23.8 Å². The third-order valence-corrected chi connectivity index (χ3v) is 4.82. The molecule has 0 aliphatic rings. The number of hydrogen-bond donors (Lipinski definition) is 0. The van der Waals surface area contributed by atoms with Crippen LogP contribution in [0.2, 0.25) is 0 Å². The summed E-state index contributed by atoms with van der Waals surface area (Å²) in [5, 5.41) is 0. The third kappa shape index (κ3) is 7.71. The fraction of sp³-hybridized carbons (Fsp3) is 0.818. The van der Waals surface area contributed by atoms with E-state index < -0.39 is 10.9 Å². The van der Waals surface area contributed by atoms with E-state index in [4.69, 9.17) is 9.47 Å². The van der Waals surface area contributed by atoms with Gasteiger partial charge in [0.25, 0.3) is 0 Å². The highest BCUT2D eigenvalue weighted by molar-refractivity contribution is 8.77. The Morgan fingerprint density at radius 3 is 2.22 bits per heavy atom. The van der Waals surface area contributed by atoms with Gasteiger partial charge in [-0.15, -0.1) is 0 Å². The van der Waals surface area contributed by atoms with E-state index in [1.165, 1.54) is 21.6 Å². The molecule has 0 heterocycles. The highest BCUT2D eigenvalue weighted by Gasteiger charge is 2.30. The Morgan fingerprint density at radius 2 is 1.67 bits per heavy atom. The maximum Gasteiger partial charge on any atom is 0.508 e. The van der Waals surface area contributed by atoms with Crippen LogP contribution in [0, 0.1) is 0 Å². The van der Waals surface area contributed by atoms with Crippen LogP contribution in [0.5, 0.6) is 0 Å². The minimum atomic E-state index is -0.659. The average molecular weight is 296 g/mol. The topological polar surface area (TPSA) is 61.8 Å². The van der Waals surface area contributed by atoms with Crippen LogP contribution in [-0.2, 0) is 19.0 Å². The Labute approximate surface area is 116 Å². The molecule has 18 heavy (non-hydrogen) atoms. The maximum absolute atomic E-state index is 11.6. The van der Waals surface area contributed by atoms with E-state index in [9.17, 15) is 9.59 Å². The predicted molar refractivity (Wildman–Crippen MR) is 73.7 cm³/mol. The van der Waals surface area contributed by atoms with Crippen LogP contribution in [-0.4, -0.2) is 42.4 Å². The van der Waals surface area contributed by atoms with E-state index in [2.05, 4.69) is 4.74 Å². The van der Waals surface area contributed by atoms with Crippen molar-refractivity contribution >= 4 is 33.7 Å². The summed E-state index contributed by atoms with van der Waals surface area (Å²) in [6, 6.07) is 0. The SMILES string of the molecule is CCOC(=O)OCCSSC(C)(C)C(=O)OCC. The molecule has 0 saturated carbocycles. The molecule has 0 unspecified atom stereocenters. The molecule has 0 bridgehead atoms. The molecule has 0 aromatic heterocycles. The van der Waals surface area contributed by atoms with Gasteiger partial charge < -0.3 is 14.2 Å². The first-order valence-corrected chi connectivity index (χ1v) is 8.03. The molecule has 0 aromatic rings. The molecule has 106 valence electrons. The zero-order valence-electron chi connectivity index (χ0n) is 11.2. The molecular weight excluding hydrogens is 276 g/mol. The third-order valence-electron chi connectivity index (χ3n) is 1.68. The Bertz CT molecular complexity index is 268. The molecule has 0 spiro atoms. The van der Waals surface area contributed by atoms with Crippen LogP contribution in [0.1, 0.15) is 27.7 Å². The normalized spacial score (nSPS) is 10.9. The van der Waals surface area contributed by atoms with E-state index in [0.29, 0.717) is 19.0 Å². The lowest BCUT2D eigenvalue weighted by Gasteiger charge is -2.20. The standard InChI is InChI=1S/C11H20O5S2/c1-5-14-9(12)11(3,4)18-17-8-7-16-10(13)15-6-2/h5-8H2,1-4H3. The smallest absolute Gasteiger partial charge is 0.465 e. The molecule has 0 radical (unpaired) electrons. The van der Waals surface area contributed by atoms with Gasteiger partial charge in [0.2, 0.25) is 0 Å². The van der Waals surface area contributed by atoms with Crippen molar-refractivity contribution in [3.63, 3.8) is 0 Å². The molecule has 0 atom stereocenters. The second kappa shape index (κ2) is 9.38. The summed E-state index contributed by atoms with van der Waals surface area (Å²) in [4.78, 5) is 22.4. The van der Waals surface area contributed by atoms with Crippen LogP contribution >= 0.6 is 21.6 Å². The summed E-state index contributed by atoms with van der Waals surface area (Å²) in [5.41, 5.74) is 0. The van der Waals surface area contributed by atoms with Gasteiger partial charge >= 0.3 is 12.1 Å². The molecule has 5 nitrogen and oxygen atoms in total. The van der Waals surface area contributed by atoms with Crippen molar-refractivity contribution in [3.05, 3.63) is 0 Å². The molecule has 0 aromatic carbocycles. The molecular formula is C11H20O5S2. The minimum absolute atomic E-state index is 0.242. The number of carbonyl (C=O) groups excluding carboxylic acids is 2. The summed E-state index contributed by atoms with van der Waals surface area (Å²) >= 11 is 0. The quantitative estimate of drug-likeness (QED) is 0.387. The largest absolute Gasteiger partial charge is 0.508 e. The summed E-state index contributed by atoms with van der Waals surface area (Å²) < 4.78 is 13.8. The molecule has 0 rings (SSSR count). The van der Waals surface area contributed by atoms with Crippen LogP contribution in [0.15, 0.2) is 0 Å². The molecule has 7 heteroatoms. The van der Waals surface area contributed by atoms with Crippen LogP contribution in [0.3, 0.4) is 0 Å². The van der Waals surface area contributed by atoms with Crippen molar-refractivity contribution in [2.24, 2.45) is 0 Å². The predicted octanol–water partition coefficient (Wildman–Crippen LogP) is 2.88. The highest BCUT2D eigenvalue weighted by Crippen LogP contribution is 2.36. The van der Waals surface area contributed by atoms with Gasteiger partial charge in [-0.05, 0) is 27.7 Å². The summed E-state index contributed by atoms with van der Waals surface area (Å²) in [6.45, 7) is 8.03. The Morgan fingerprint density at radius 1 is 1.06 bits per heavy atom. The number of hydrogen-bond acceptors (Lipinski definition) is 7. The van der Waals surface area contributed by atoms with Gasteiger partial charge in [-0.1, -0.05) is 21.6 Å². The van der Waals surface area contributed by atoms with Crippen molar-refractivity contribution in [2.75, 3.05) is 25.6 Å². The molecule has 0 amide bonds. The lowest BCUT2D eigenvalue weighted by molar-refractivity contribution is -0.145. The number of carbonyl (C=O) groups is 2. The first-order chi connectivity index (χ1) is 8.44. The van der Waals surface area contributed by atoms with E-state index in [0.717, 1.165) is 0 Å². The summed E-state index contributed by atoms with van der Waals surface area (Å²) in [6.07, 6.45) is -0.659. The van der Waals surface area contributed by atoms with Crippen molar-refractivity contribution in [1.82, 2.24) is 0 Å². The number of ether oxygens (including phenoxy) is 3. The Balaban J connectivity index is 3.70. The number of rotatable bonds is 8. The second-order valence-corrected chi connectivity index (χ2v) is 6.71. The van der Waals surface area contributed by atoms with Crippen molar-refractivity contribution in [2.45, 2.75) is 32.4 Å². The van der Waals surface area contributed by atoms with Crippen LogP contribution < -0.4 is 0 Å². The van der Waals surface area contributed by atoms with Crippen LogP contribution in [0.4, 0.5) is 4.79 Å². The average Bonchev–Trinajstić information content (AvgIpc) is 2.29. The zero-order chi connectivity index (χ0) is 14.0. The van der Waals surface area contributed by atoms with Gasteiger partial charge in [-0.2, -0.15) is 0 Å². The second-order valence-electron chi connectivity index (χ2n) is 3.67. The molecule has 0 N–H and O–H groups in total.